The Hall–Kier alpha value is -0.0900. The Bertz CT molecular complexity index is 292. The van der Waals surface area contributed by atoms with Crippen LogP contribution in [0.1, 0.15) is 24.8 Å². The van der Waals surface area contributed by atoms with Crippen molar-refractivity contribution in [2.45, 2.75) is 25.8 Å². The summed E-state index contributed by atoms with van der Waals surface area (Å²) in [5.41, 5.74) is 1.48. The molecule has 0 N–H and O–H groups in total. The number of likely N-dealkylation sites (tertiary alicyclic amines) is 1. The van der Waals surface area contributed by atoms with Gasteiger partial charge in [-0.05, 0) is 60.2 Å². The van der Waals surface area contributed by atoms with Gasteiger partial charge in [0.1, 0.15) is 0 Å². The maximum absolute atomic E-state index is 2.57. The quantitative estimate of drug-likeness (QED) is 0.758. The fourth-order valence-electron chi connectivity index (χ4n) is 1.99. The molecule has 0 bridgehead atoms. The number of piperidine rings is 1. The number of hydrogen-bond acceptors (Lipinski definition) is 1. The van der Waals surface area contributed by atoms with Gasteiger partial charge in [0.25, 0.3) is 0 Å². The monoisotopic (exact) mass is 301 g/mol. The Balaban J connectivity index is 1.99. The van der Waals surface area contributed by atoms with Crippen LogP contribution in [0.4, 0.5) is 0 Å². The molecule has 1 aliphatic heterocycles. The third-order valence-electron chi connectivity index (χ3n) is 2.80. The van der Waals surface area contributed by atoms with Crippen LogP contribution < -0.4 is 0 Å². The van der Waals surface area contributed by atoms with Crippen molar-refractivity contribution in [1.29, 1.82) is 0 Å². The number of halogens is 1. The lowest BCUT2D eigenvalue weighted by Crippen LogP contribution is -2.29. The predicted molar refractivity (Wildman–Crippen MR) is 68.3 cm³/mol. The Kier molecular flexibility index (Phi) is 3.81. The summed E-state index contributed by atoms with van der Waals surface area (Å²) < 4.78 is 1.40. The molecule has 0 saturated carbocycles. The van der Waals surface area contributed by atoms with Crippen LogP contribution in [-0.2, 0) is 6.54 Å². The Morgan fingerprint density at radius 3 is 2.50 bits per heavy atom. The number of hydrogen-bond donors (Lipinski definition) is 0. The molecule has 1 heterocycles. The van der Waals surface area contributed by atoms with E-state index in [0.717, 1.165) is 6.54 Å². The van der Waals surface area contributed by atoms with Crippen molar-refractivity contribution in [3.8, 4) is 0 Å². The van der Waals surface area contributed by atoms with Gasteiger partial charge in [-0.1, -0.05) is 24.6 Å². The maximum Gasteiger partial charge on any atom is 0.0244 e. The second kappa shape index (κ2) is 5.12. The van der Waals surface area contributed by atoms with Crippen molar-refractivity contribution >= 4 is 22.6 Å². The highest BCUT2D eigenvalue weighted by Crippen LogP contribution is 2.17. The van der Waals surface area contributed by atoms with Crippen molar-refractivity contribution in [2.75, 3.05) is 13.1 Å². The Morgan fingerprint density at radius 1 is 1.07 bits per heavy atom. The van der Waals surface area contributed by atoms with E-state index < -0.39 is 0 Å². The second-order valence-corrected chi connectivity index (χ2v) is 5.09. The lowest BCUT2D eigenvalue weighted by molar-refractivity contribution is 0.220. The normalized spacial score (nSPS) is 18.4. The lowest BCUT2D eigenvalue weighted by Gasteiger charge is -2.26. The molecule has 0 amide bonds. The average Bonchev–Trinajstić information content (AvgIpc) is 2.23. The molecule has 76 valence electrons. The van der Waals surface area contributed by atoms with E-state index in [2.05, 4.69) is 51.8 Å². The van der Waals surface area contributed by atoms with Gasteiger partial charge in [0, 0.05) is 10.1 Å². The van der Waals surface area contributed by atoms with Crippen molar-refractivity contribution in [3.05, 3.63) is 33.4 Å². The van der Waals surface area contributed by atoms with Crippen molar-refractivity contribution < 1.29 is 0 Å². The highest BCUT2D eigenvalue weighted by molar-refractivity contribution is 14.1. The lowest BCUT2D eigenvalue weighted by atomic mass is 10.1. The van der Waals surface area contributed by atoms with Gasteiger partial charge >= 0.3 is 0 Å². The molecule has 0 atom stereocenters. The largest absolute Gasteiger partial charge is 0.299 e. The third kappa shape index (κ3) is 2.70. The summed E-state index contributed by atoms with van der Waals surface area (Å²) in [4.78, 5) is 2.57. The third-order valence-corrected chi connectivity index (χ3v) is 3.85. The molecule has 1 aliphatic rings. The van der Waals surface area contributed by atoms with E-state index in [1.165, 1.54) is 41.5 Å². The van der Waals surface area contributed by atoms with Crippen LogP contribution in [0.25, 0.3) is 0 Å². The van der Waals surface area contributed by atoms with Gasteiger partial charge in [-0.25, -0.2) is 0 Å². The van der Waals surface area contributed by atoms with Crippen LogP contribution >= 0.6 is 22.6 Å². The molecule has 1 aromatic carbocycles. The van der Waals surface area contributed by atoms with Gasteiger partial charge in [0.05, 0.1) is 0 Å². The van der Waals surface area contributed by atoms with Crippen LogP contribution in [-0.4, -0.2) is 18.0 Å². The fourth-order valence-corrected chi connectivity index (χ4v) is 2.54. The molecule has 0 spiro atoms. The Morgan fingerprint density at radius 2 is 1.79 bits per heavy atom. The van der Waals surface area contributed by atoms with E-state index in [4.69, 9.17) is 0 Å². The Labute approximate surface area is 99.6 Å². The number of nitrogens with zero attached hydrogens (tertiary/aromatic N) is 1. The van der Waals surface area contributed by atoms with E-state index in [0.29, 0.717) is 0 Å². The molecule has 1 aromatic rings. The standard InChI is InChI=1S/C12H16IN/c13-12-7-3-2-6-11(12)10-14-8-4-1-5-9-14/h2-3,6-7H,1,4-5,8-10H2. The molecule has 14 heavy (non-hydrogen) atoms. The molecule has 0 aromatic heterocycles. The van der Waals surface area contributed by atoms with E-state index >= 15 is 0 Å². The highest BCUT2D eigenvalue weighted by Gasteiger charge is 2.11. The summed E-state index contributed by atoms with van der Waals surface area (Å²) in [6, 6.07) is 8.69. The highest BCUT2D eigenvalue weighted by atomic mass is 127. The van der Waals surface area contributed by atoms with E-state index in [1.807, 2.05) is 0 Å². The van der Waals surface area contributed by atoms with Crippen molar-refractivity contribution in [1.82, 2.24) is 4.90 Å². The first-order valence-corrected chi connectivity index (χ1v) is 6.40. The first-order chi connectivity index (χ1) is 6.86. The van der Waals surface area contributed by atoms with E-state index in [-0.39, 0.29) is 0 Å². The van der Waals surface area contributed by atoms with E-state index in [1.54, 1.807) is 0 Å². The zero-order valence-corrected chi connectivity index (χ0v) is 10.5. The van der Waals surface area contributed by atoms with Crippen LogP contribution in [0.5, 0.6) is 0 Å². The fraction of sp³-hybridized carbons (Fsp3) is 0.500. The molecule has 1 nitrogen and oxygen atoms in total. The number of benzene rings is 1. The smallest absolute Gasteiger partial charge is 0.0244 e. The molecule has 2 heteroatoms. The van der Waals surface area contributed by atoms with E-state index in [9.17, 15) is 0 Å². The second-order valence-electron chi connectivity index (χ2n) is 3.93. The predicted octanol–water partition coefficient (Wildman–Crippen LogP) is 3.28. The van der Waals surface area contributed by atoms with Crippen LogP contribution in [0.2, 0.25) is 0 Å². The first-order valence-electron chi connectivity index (χ1n) is 5.32. The SMILES string of the molecule is Ic1ccccc1CN1CCCCC1. The number of rotatable bonds is 2. The van der Waals surface area contributed by atoms with Crippen molar-refractivity contribution in [3.63, 3.8) is 0 Å². The van der Waals surface area contributed by atoms with Gasteiger partial charge in [-0.2, -0.15) is 0 Å². The van der Waals surface area contributed by atoms with Gasteiger partial charge in [0.15, 0.2) is 0 Å². The summed E-state index contributed by atoms with van der Waals surface area (Å²) >= 11 is 2.43. The molecule has 1 saturated heterocycles. The minimum atomic E-state index is 1.14. The maximum atomic E-state index is 2.57. The summed E-state index contributed by atoms with van der Waals surface area (Å²) in [7, 11) is 0. The molecule has 0 unspecified atom stereocenters. The summed E-state index contributed by atoms with van der Waals surface area (Å²) in [5.74, 6) is 0. The summed E-state index contributed by atoms with van der Waals surface area (Å²) in [5, 5.41) is 0. The molecule has 0 aliphatic carbocycles. The van der Waals surface area contributed by atoms with Gasteiger partial charge < -0.3 is 0 Å². The first kappa shape index (κ1) is 10.4. The minimum Gasteiger partial charge on any atom is -0.299 e. The van der Waals surface area contributed by atoms with Gasteiger partial charge in [0.2, 0.25) is 0 Å². The minimum absolute atomic E-state index is 1.14. The zero-order valence-electron chi connectivity index (χ0n) is 8.38. The molecular weight excluding hydrogens is 285 g/mol. The average molecular weight is 301 g/mol. The molecule has 2 rings (SSSR count). The molecule has 1 fully saturated rings. The molecule has 0 radical (unpaired) electrons. The topological polar surface area (TPSA) is 3.24 Å². The van der Waals surface area contributed by atoms with Crippen LogP contribution in [0.3, 0.4) is 0 Å². The van der Waals surface area contributed by atoms with Crippen LogP contribution in [0, 0.1) is 3.57 Å². The molecular formula is C12H16IN. The van der Waals surface area contributed by atoms with Crippen LogP contribution in [0.15, 0.2) is 24.3 Å². The van der Waals surface area contributed by atoms with Gasteiger partial charge in [-0.3, -0.25) is 4.90 Å². The summed E-state index contributed by atoms with van der Waals surface area (Å²) in [6.07, 6.45) is 4.18. The van der Waals surface area contributed by atoms with Crippen molar-refractivity contribution in [2.24, 2.45) is 0 Å². The summed E-state index contributed by atoms with van der Waals surface area (Å²) in [6.45, 7) is 3.70. The van der Waals surface area contributed by atoms with Gasteiger partial charge in [-0.15, -0.1) is 0 Å². The zero-order chi connectivity index (χ0) is 9.80.